The summed E-state index contributed by atoms with van der Waals surface area (Å²) in [5.74, 6) is -1.24. The van der Waals surface area contributed by atoms with Crippen LogP contribution in [0.2, 0.25) is 0 Å². The summed E-state index contributed by atoms with van der Waals surface area (Å²) in [6.07, 6.45) is -0.106. The molecule has 2 rings (SSSR count). The number of hydrogen-bond donors (Lipinski definition) is 0. The number of methoxy groups -OCH3 is 1. The third-order valence-electron chi connectivity index (χ3n) is 3.36. The number of nitrogens with zero attached hydrogens (tertiary/aromatic N) is 3. The Morgan fingerprint density at radius 2 is 2.00 bits per heavy atom. The SMILES string of the molecule is COC(=O)C(Cc1cccc(OCc2ccccc2)c1F)N=[N+]=[N-]. The van der Waals surface area contributed by atoms with Crippen molar-refractivity contribution in [3.63, 3.8) is 0 Å². The predicted octanol–water partition coefficient (Wildman–Crippen LogP) is 3.80. The maximum atomic E-state index is 14.5. The zero-order valence-corrected chi connectivity index (χ0v) is 13.1. The molecule has 2 aromatic rings. The monoisotopic (exact) mass is 329 g/mol. The largest absolute Gasteiger partial charge is 0.486 e. The van der Waals surface area contributed by atoms with Gasteiger partial charge in [0.05, 0.1) is 7.11 Å². The Kier molecular flexibility index (Phi) is 6.16. The first-order valence-corrected chi connectivity index (χ1v) is 7.22. The topological polar surface area (TPSA) is 84.3 Å². The summed E-state index contributed by atoms with van der Waals surface area (Å²) >= 11 is 0. The first-order valence-electron chi connectivity index (χ1n) is 7.22. The minimum absolute atomic E-state index is 0.0703. The Morgan fingerprint density at radius 3 is 2.67 bits per heavy atom. The van der Waals surface area contributed by atoms with Gasteiger partial charge in [-0.1, -0.05) is 47.6 Å². The van der Waals surface area contributed by atoms with Crippen molar-refractivity contribution in [3.05, 3.63) is 75.9 Å². The molecule has 1 unspecified atom stereocenters. The molecule has 124 valence electrons. The van der Waals surface area contributed by atoms with Crippen LogP contribution < -0.4 is 4.74 Å². The van der Waals surface area contributed by atoms with E-state index in [1.165, 1.54) is 19.2 Å². The molecule has 0 saturated heterocycles. The molecule has 0 heterocycles. The molecule has 7 heteroatoms. The highest BCUT2D eigenvalue weighted by molar-refractivity contribution is 5.76. The predicted molar refractivity (Wildman–Crippen MR) is 85.8 cm³/mol. The number of halogens is 1. The highest BCUT2D eigenvalue weighted by atomic mass is 19.1. The van der Waals surface area contributed by atoms with Crippen LogP contribution in [0.5, 0.6) is 5.75 Å². The molecular formula is C17H16FN3O3. The van der Waals surface area contributed by atoms with E-state index in [0.29, 0.717) is 0 Å². The number of rotatable bonds is 7. The normalized spacial score (nSPS) is 11.2. The first kappa shape index (κ1) is 17.3. The van der Waals surface area contributed by atoms with E-state index in [1.807, 2.05) is 30.3 Å². The van der Waals surface area contributed by atoms with Crippen molar-refractivity contribution < 1.29 is 18.7 Å². The number of carbonyl (C=O) groups is 1. The lowest BCUT2D eigenvalue weighted by molar-refractivity contribution is -0.142. The summed E-state index contributed by atoms with van der Waals surface area (Å²) in [5, 5.41) is 3.35. The van der Waals surface area contributed by atoms with Crippen molar-refractivity contribution >= 4 is 5.97 Å². The van der Waals surface area contributed by atoms with Gasteiger partial charge in [0.1, 0.15) is 12.6 Å². The Bertz CT molecular complexity index is 746. The van der Waals surface area contributed by atoms with Crippen LogP contribution in [0.1, 0.15) is 11.1 Å². The maximum Gasteiger partial charge on any atom is 0.314 e. The number of ether oxygens (including phenoxy) is 2. The molecule has 0 saturated carbocycles. The molecule has 0 radical (unpaired) electrons. The fraction of sp³-hybridized carbons (Fsp3) is 0.235. The first-order chi connectivity index (χ1) is 11.7. The summed E-state index contributed by atoms with van der Waals surface area (Å²) in [4.78, 5) is 14.2. The zero-order chi connectivity index (χ0) is 17.4. The molecular weight excluding hydrogens is 313 g/mol. The van der Waals surface area contributed by atoms with Gasteiger partial charge < -0.3 is 9.47 Å². The Hall–Kier alpha value is -3.05. The van der Waals surface area contributed by atoms with Crippen molar-refractivity contribution in [2.24, 2.45) is 5.11 Å². The lowest BCUT2D eigenvalue weighted by Gasteiger charge is -2.12. The lowest BCUT2D eigenvalue weighted by Crippen LogP contribution is -2.22. The van der Waals surface area contributed by atoms with Crippen molar-refractivity contribution in [3.8, 4) is 5.75 Å². The molecule has 24 heavy (non-hydrogen) atoms. The van der Waals surface area contributed by atoms with E-state index < -0.39 is 17.8 Å². The molecule has 0 amide bonds. The molecule has 0 N–H and O–H groups in total. The van der Waals surface area contributed by atoms with Crippen molar-refractivity contribution in [1.29, 1.82) is 0 Å². The molecule has 0 spiro atoms. The summed E-state index contributed by atoms with van der Waals surface area (Å²) < 4.78 is 24.6. The van der Waals surface area contributed by atoms with E-state index in [2.05, 4.69) is 14.8 Å². The van der Waals surface area contributed by atoms with Crippen LogP contribution in [-0.4, -0.2) is 19.1 Å². The number of esters is 1. The van der Waals surface area contributed by atoms with Crippen LogP contribution >= 0.6 is 0 Å². The van der Waals surface area contributed by atoms with E-state index in [-0.39, 0.29) is 24.3 Å². The second-order valence-electron chi connectivity index (χ2n) is 4.95. The summed E-state index contributed by atoms with van der Waals surface area (Å²) in [6.45, 7) is 0.220. The molecule has 0 bridgehead atoms. The number of azide groups is 1. The van der Waals surface area contributed by atoms with E-state index in [9.17, 15) is 9.18 Å². The van der Waals surface area contributed by atoms with Gasteiger partial charge in [0.25, 0.3) is 0 Å². The zero-order valence-electron chi connectivity index (χ0n) is 13.1. The minimum atomic E-state index is -1.13. The van der Waals surface area contributed by atoms with Crippen LogP contribution in [0.3, 0.4) is 0 Å². The average Bonchev–Trinajstić information content (AvgIpc) is 2.62. The van der Waals surface area contributed by atoms with Gasteiger partial charge in [0.2, 0.25) is 0 Å². The van der Waals surface area contributed by atoms with E-state index in [1.54, 1.807) is 6.07 Å². The van der Waals surface area contributed by atoms with Gasteiger partial charge in [-0.2, -0.15) is 0 Å². The Morgan fingerprint density at radius 1 is 1.25 bits per heavy atom. The highest BCUT2D eigenvalue weighted by Crippen LogP contribution is 2.23. The van der Waals surface area contributed by atoms with Crippen LogP contribution in [0.15, 0.2) is 53.6 Å². The summed E-state index contributed by atoms with van der Waals surface area (Å²) in [7, 11) is 1.18. The summed E-state index contributed by atoms with van der Waals surface area (Å²) in [5.41, 5.74) is 9.64. The van der Waals surface area contributed by atoms with Gasteiger partial charge in [-0.05, 0) is 29.1 Å². The van der Waals surface area contributed by atoms with Gasteiger partial charge in [0.15, 0.2) is 11.6 Å². The second kappa shape index (κ2) is 8.55. The molecule has 0 aliphatic rings. The molecule has 6 nitrogen and oxygen atoms in total. The molecule has 0 fully saturated rings. The van der Waals surface area contributed by atoms with Crippen molar-refractivity contribution in [2.45, 2.75) is 19.1 Å². The number of hydrogen-bond acceptors (Lipinski definition) is 4. The third kappa shape index (κ3) is 4.47. The average molecular weight is 329 g/mol. The third-order valence-corrected chi connectivity index (χ3v) is 3.36. The van der Waals surface area contributed by atoms with Gasteiger partial charge in [0, 0.05) is 4.91 Å². The molecule has 1 atom stereocenters. The fourth-order valence-corrected chi connectivity index (χ4v) is 2.14. The van der Waals surface area contributed by atoms with Gasteiger partial charge in [-0.15, -0.1) is 0 Å². The number of benzene rings is 2. The van der Waals surface area contributed by atoms with Crippen molar-refractivity contribution in [1.82, 2.24) is 0 Å². The van der Waals surface area contributed by atoms with E-state index in [0.717, 1.165) is 5.56 Å². The van der Waals surface area contributed by atoms with Crippen LogP contribution in [0.4, 0.5) is 4.39 Å². The fourth-order valence-electron chi connectivity index (χ4n) is 2.14. The standard InChI is InChI=1S/C17H16FN3O3/c1-23-17(22)14(20-21-19)10-13-8-5-9-15(16(13)18)24-11-12-6-3-2-4-7-12/h2-9,14H,10-11H2,1H3. The quantitative estimate of drug-likeness (QED) is 0.335. The lowest BCUT2D eigenvalue weighted by atomic mass is 10.1. The van der Waals surface area contributed by atoms with E-state index >= 15 is 0 Å². The van der Waals surface area contributed by atoms with Crippen molar-refractivity contribution in [2.75, 3.05) is 7.11 Å². The van der Waals surface area contributed by atoms with Gasteiger partial charge in [-0.3, -0.25) is 4.79 Å². The second-order valence-corrected chi connectivity index (χ2v) is 4.95. The molecule has 2 aromatic carbocycles. The smallest absolute Gasteiger partial charge is 0.314 e. The number of carbonyl (C=O) groups excluding carboxylic acids is 1. The Balaban J connectivity index is 2.14. The van der Waals surface area contributed by atoms with Crippen LogP contribution in [0, 0.1) is 5.82 Å². The van der Waals surface area contributed by atoms with Gasteiger partial charge >= 0.3 is 5.97 Å². The minimum Gasteiger partial charge on any atom is -0.486 e. The highest BCUT2D eigenvalue weighted by Gasteiger charge is 2.21. The molecule has 0 aliphatic heterocycles. The summed E-state index contributed by atoms with van der Waals surface area (Å²) in [6, 6.07) is 12.9. The molecule has 0 aromatic heterocycles. The van der Waals surface area contributed by atoms with Crippen LogP contribution in [0.25, 0.3) is 10.4 Å². The molecule has 0 aliphatic carbocycles. The maximum absolute atomic E-state index is 14.5. The van der Waals surface area contributed by atoms with Crippen LogP contribution in [-0.2, 0) is 22.6 Å². The van der Waals surface area contributed by atoms with E-state index in [4.69, 9.17) is 10.3 Å². The Labute approximate surface area is 138 Å². The van der Waals surface area contributed by atoms with Gasteiger partial charge in [-0.25, -0.2) is 4.39 Å².